The molecule has 9 nitrogen and oxygen atoms in total. The van der Waals surface area contributed by atoms with Gasteiger partial charge < -0.3 is 5.32 Å². The van der Waals surface area contributed by atoms with E-state index in [4.69, 9.17) is 0 Å². The molecule has 3 N–H and O–H groups in total. The Morgan fingerprint density at radius 3 is 2.86 bits per heavy atom. The normalized spacial score (nSPS) is 11.3. The molecule has 21 heavy (non-hydrogen) atoms. The minimum Gasteiger partial charge on any atom is -0.371 e. The zero-order valence-electron chi connectivity index (χ0n) is 11.0. The largest absolute Gasteiger partial charge is 0.371 e. The van der Waals surface area contributed by atoms with Crippen LogP contribution in [0.3, 0.4) is 0 Å². The van der Waals surface area contributed by atoms with E-state index < -0.39 is 14.9 Å². The number of nitrogens with zero attached hydrogens (tertiary/aromatic N) is 2. The van der Waals surface area contributed by atoms with Crippen LogP contribution in [0.4, 0.5) is 16.4 Å². The molecule has 0 radical (unpaired) electrons. The number of sulfonamides is 1. The quantitative estimate of drug-likeness (QED) is 0.525. The lowest BCUT2D eigenvalue weighted by atomic mass is 10.4. The number of aromatic amines is 1. The summed E-state index contributed by atoms with van der Waals surface area (Å²) < 4.78 is 26.5. The monoisotopic (exact) mass is 331 g/mol. The molecule has 2 heterocycles. The molecule has 2 rings (SSSR count). The predicted octanol–water partition coefficient (Wildman–Crippen LogP) is 2.00. The van der Waals surface area contributed by atoms with Crippen molar-refractivity contribution in [2.45, 2.75) is 17.6 Å². The second-order valence-corrected chi connectivity index (χ2v) is 7.02. The summed E-state index contributed by atoms with van der Waals surface area (Å²) in [6, 6.07) is 1.05. The first kappa shape index (κ1) is 15.3. The topological polar surface area (TPSA) is 130 Å². The van der Waals surface area contributed by atoms with Gasteiger partial charge in [0.05, 0.1) is 16.8 Å². The SMILES string of the molecule is CCCNc1sc(S(=O)(=O)Nc2cn[nH]c2)cc1[N+](=O)[O-]. The van der Waals surface area contributed by atoms with E-state index in [1.165, 1.54) is 12.4 Å². The third kappa shape index (κ3) is 3.49. The lowest BCUT2D eigenvalue weighted by Gasteiger charge is -2.02. The van der Waals surface area contributed by atoms with Crippen molar-refractivity contribution in [1.82, 2.24) is 10.2 Å². The van der Waals surface area contributed by atoms with Crippen molar-refractivity contribution in [3.8, 4) is 0 Å². The molecule has 0 aliphatic heterocycles. The van der Waals surface area contributed by atoms with Crippen LogP contribution in [0.15, 0.2) is 22.7 Å². The smallest absolute Gasteiger partial charge is 0.304 e. The molecule has 0 saturated heterocycles. The second kappa shape index (κ2) is 6.10. The molecule has 0 bridgehead atoms. The first-order valence-corrected chi connectivity index (χ1v) is 8.27. The Labute approximate surface area is 124 Å². The molecule has 0 aliphatic rings. The van der Waals surface area contributed by atoms with Crippen LogP contribution < -0.4 is 10.0 Å². The summed E-state index contributed by atoms with van der Waals surface area (Å²) in [6.07, 6.45) is 3.44. The van der Waals surface area contributed by atoms with Gasteiger partial charge in [-0.3, -0.25) is 19.9 Å². The Kier molecular flexibility index (Phi) is 4.43. The molecule has 0 aliphatic carbocycles. The third-order valence-corrected chi connectivity index (χ3v) is 5.37. The average molecular weight is 331 g/mol. The summed E-state index contributed by atoms with van der Waals surface area (Å²) in [5.41, 5.74) is 0.00939. The van der Waals surface area contributed by atoms with E-state index >= 15 is 0 Å². The van der Waals surface area contributed by atoms with E-state index in [1.54, 1.807) is 0 Å². The minimum atomic E-state index is -3.88. The Morgan fingerprint density at radius 1 is 1.52 bits per heavy atom. The minimum absolute atomic E-state index is 0.131. The van der Waals surface area contributed by atoms with Crippen molar-refractivity contribution in [3.63, 3.8) is 0 Å². The first-order valence-electron chi connectivity index (χ1n) is 5.97. The molecule has 0 unspecified atom stereocenters. The molecular formula is C10H13N5O4S2. The molecule has 114 valence electrons. The van der Waals surface area contributed by atoms with Crippen molar-refractivity contribution in [2.75, 3.05) is 16.6 Å². The molecule has 2 aromatic heterocycles. The fourth-order valence-corrected chi connectivity index (χ4v) is 3.89. The number of aromatic nitrogens is 2. The van der Waals surface area contributed by atoms with E-state index in [2.05, 4.69) is 20.2 Å². The Hall–Kier alpha value is -2.14. The summed E-state index contributed by atoms with van der Waals surface area (Å²) in [5, 5.41) is 20.2. The van der Waals surface area contributed by atoms with Gasteiger partial charge in [0.15, 0.2) is 5.00 Å². The van der Waals surface area contributed by atoms with E-state index in [1.807, 2.05) is 6.92 Å². The van der Waals surface area contributed by atoms with Crippen molar-refractivity contribution in [2.24, 2.45) is 0 Å². The molecule has 11 heteroatoms. The van der Waals surface area contributed by atoms with Crippen LogP contribution in [0.5, 0.6) is 0 Å². The molecule has 0 spiro atoms. The Balaban J connectivity index is 2.32. The number of nitrogens with one attached hydrogen (secondary N) is 3. The maximum absolute atomic E-state index is 12.2. The number of thiophene rings is 1. The van der Waals surface area contributed by atoms with E-state index in [9.17, 15) is 18.5 Å². The number of anilines is 2. The first-order chi connectivity index (χ1) is 9.94. The highest BCUT2D eigenvalue weighted by Gasteiger charge is 2.26. The zero-order chi connectivity index (χ0) is 15.5. The van der Waals surface area contributed by atoms with Gasteiger partial charge in [-0.05, 0) is 6.42 Å². The molecule has 0 fully saturated rings. The van der Waals surface area contributed by atoms with Crippen LogP contribution >= 0.6 is 11.3 Å². The van der Waals surface area contributed by atoms with E-state index in [0.29, 0.717) is 6.54 Å². The van der Waals surface area contributed by atoms with Gasteiger partial charge in [-0.15, -0.1) is 0 Å². The number of H-pyrrole nitrogens is 1. The van der Waals surface area contributed by atoms with Gasteiger partial charge in [0.25, 0.3) is 10.0 Å². The molecule has 2 aromatic rings. The van der Waals surface area contributed by atoms with E-state index in [0.717, 1.165) is 23.8 Å². The van der Waals surface area contributed by atoms with Crippen LogP contribution in [0.25, 0.3) is 0 Å². The molecular weight excluding hydrogens is 318 g/mol. The fourth-order valence-electron chi connectivity index (χ4n) is 1.50. The number of rotatable bonds is 7. The van der Waals surface area contributed by atoms with Crippen LogP contribution in [-0.2, 0) is 10.0 Å². The van der Waals surface area contributed by atoms with Gasteiger partial charge in [0, 0.05) is 18.8 Å². The van der Waals surface area contributed by atoms with Crippen LogP contribution in [0.2, 0.25) is 0 Å². The van der Waals surface area contributed by atoms with Gasteiger partial charge in [-0.2, -0.15) is 5.10 Å². The molecule has 0 aromatic carbocycles. The second-order valence-electron chi connectivity index (χ2n) is 4.06. The fraction of sp³-hybridized carbons (Fsp3) is 0.300. The van der Waals surface area contributed by atoms with Gasteiger partial charge in [-0.1, -0.05) is 18.3 Å². The highest BCUT2D eigenvalue weighted by atomic mass is 32.2. The van der Waals surface area contributed by atoms with Crippen LogP contribution in [-0.4, -0.2) is 30.1 Å². The highest BCUT2D eigenvalue weighted by Crippen LogP contribution is 2.37. The Bertz CT molecular complexity index is 723. The van der Waals surface area contributed by atoms with Crippen molar-refractivity contribution in [3.05, 3.63) is 28.6 Å². The lowest BCUT2D eigenvalue weighted by Crippen LogP contribution is -2.10. The highest BCUT2D eigenvalue weighted by molar-refractivity contribution is 7.94. The molecule has 0 atom stereocenters. The van der Waals surface area contributed by atoms with E-state index in [-0.39, 0.29) is 20.6 Å². The molecule has 0 saturated carbocycles. The predicted molar refractivity (Wildman–Crippen MR) is 79.2 cm³/mol. The van der Waals surface area contributed by atoms with Gasteiger partial charge >= 0.3 is 5.69 Å². The summed E-state index contributed by atoms with van der Waals surface area (Å²) in [4.78, 5) is 10.4. The number of hydrogen-bond acceptors (Lipinski definition) is 7. The standard InChI is InChI=1S/C10H13N5O4S2/c1-2-3-11-10-8(15(16)17)4-9(20-10)21(18,19)14-7-5-12-13-6-7/h4-6,11,14H,2-3H2,1H3,(H,12,13). The number of hydrogen-bond donors (Lipinski definition) is 3. The Morgan fingerprint density at radius 2 is 2.29 bits per heavy atom. The molecule has 0 amide bonds. The maximum atomic E-state index is 12.2. The lowest BCUT2D eigenvalue weighted by molar-refractivity contribution is -0.383. The summed E-state index contributed by atoms with van der Waals surface area (Å²) >= 11 is 0.823. The maximum Gasteiger partial charge on any atom is 0.304 e. The van der Waals surface area contributed by atoms with Gasteiger partial charge in [0.2, 0.25) is 0 Å². The van der Waals surface area contributed by atoms with Crippen molar-refractivity contribution >= 4 is 37.7 Å². The van der Waals surface area contributed by atoms with Gasteiger partial charge in [0.1, 0.15) is 4.21 Å². The van der Waals surface area contributed by atoms with Crippen molar-refractivity contribution < 1.29 is 13.3 Å². The summed E-state index contributed by atoms with van der Waals surface area (Å²) in [6.45, 7) is 2.43. The number of nitro groups is 1. The van der Waals surface area contributed by atoms with Crippen molar-refractivity contribution in [1.29, 1.82) is 0 Å². The third-order valence-electron chi connectivity index (χ3n) is 2.44. The zero-order valence-corrected chi connectivity index (χ0v) is 12.6. The van der Waals surface area contributed by atoms with Crippen LogP contribution in [0.1, 0.15) is 13.3 Å². The summed E-state index contributed by atoms with van der Waals surface area (Å²) in [5.74, 6) is 0. The average Bonchev–Trinajstić information content (AvgIpc) is 3.04. The summed E-state index contributed by atoms with van der Waals surface area (Å²) in [7, 11) is -3.88. The van der Waals surface area contributed by atoms with Gasteiger partial charge in [-0.25, -0.2) is 8.42 Å². The van der Waals surface area contributed by atoms with Crippen LogP contribution in [0, 0.1) is 10.1 Å².